The number of nitrogens with zero attached hydrogens (tertiary/aromatic N) is 4. The Morgan fingerprint density at radius 1 is 1.35 bits per heavy atom. The van der Waals surface area contributed by atoms with Crippen LogP contribution in [0.15, 0.2) is 18.9 Å². The number of nitrogens with one attached hydrogen (secondary N) is 3. The van der Waals surface area contributed by atoms with Gasteiger partial charge in [0, 0.05) is 31.3 Å². The third-order valence-corrected chi connectivity index (χ3v) is 4.71. The molecule has 1 saturated carbocycles. The van der Waals surface area contributed by atoms with Gasteiger partial charge in [-0.25, -0.2) is 4.98 Å². The first-order chi connectivity index (χ1) is 12.6. The molecule has 2 aromatic heterocycles. The molecule has 2 heterocycles. The lowest BCUT2D eigenvalue weighted by molar-refractivity contribution is -0.128. The van der Waals surface area contributed by atoms with E-state index in [1.165, 1.54) is 26.2 Å². The fraction of sp³-hybridized carbons (Fsp3) is 0.588. The SMILES string of the molecule is CC(=O)N[C@@H](Cc1cnc[nH]1)C(=O)NCc1nncn1C1CCCCC1. The molecule has 3 rings (SSSR count). The molecule has 26 heavy (non-hydrogen) atoms. The van der Waals surface area contributed by atoms with E-state index in [9.17, 15) is 9.59 Å². The molecule has 2 aromatic rings. The van der Waals surface area contributed by atoms with Gasteiger partial charge in [0.25, 0.3) is 0 Å². The Labute approximate surface area is 152 Å². The van der Waals surface area contributed by atoms with E-state index in [0.29, 0.717) is 12.5 Å². The number of hydrogen-bond acceptors (Lipinski definition) is 5. The summed E-state index contributed by atoms with van der Waals surface area (Å²) in [6.07, 6.45) is 11.2. The number of H-pyrrole nitrogens is 1. The lowest BCUT2D eigenvalue weighted by atomic mass is 9.95. The van der Waals surface area contributed by atoms with Crippen molar-refractivity contribution in [1.82, 2.24) is 35.4 Å². The minimum absolute atomic E-state index is 0.255. The summed E-state index contributed by atoms with van der Waals surface area (Å²) in [4.78, 5) is 30.9. The van der Waals surface area contributed by atoms with Crippen molar-refractivity contribution < 1.29 is 9.59 Å². The monoisotopic (exact) mass is 359 g/mol. The van der Waals surface area contributed by atoms with Gasteiger partial charge < -0.3 is 20.2 Å². The topological polar surface area (TPSA) is 118 Å². The zero-order valence-corrected chi connectivity index (χ0v) is 14.9. The molecule has 0 unspecified atom stereocenters. The van der Waals surface area contributed by atoms with Crippen molar-refractivity contribution in [3.8, 4) is 0 Å². The summed E-state index contributed by atoms with van der Waals surface area (Å²) in [5, 5.41) is 13.7. The van der Waals surface area contributed by atoms with Gasteiger partial charge in [0.2, 0.25) is 11.8 Å². The van der Waals surface area contributed by atoms with Crippen molar-refractivity contribution in [2.24, 2.45) is 0 Å². The van der Waals surface area contributed by atoms with Crippen molar-refractivity contribution >= 4 is 11.8 Å². The standard InChI is InChI=1S/C17H25N7O2/c1-12(25)22-15(7-13-8-18-10-20-13)17(26)19-9-16-23-21-11-24(16)14-5-3-2-4-6-14/h8,10-11,14-15H,2-7,9H2,1H3,(H,18,20)(H,19,26)(H,22,25)/t15-/m0/s1. The maximum atomic E-state index is 12.6. The van der Waals surface area contributed by atoms with Gasteiger partial charge in [0.1, 0.15) is 12.4 Å². The van der Waals surface area contributed by atoms with Crippen LogP contribution in [0.25, 0.3) is 0 Å². The normalized spacial score (nSPS) is 16.2. The number of hydrogen-bond donors (Lipinski definition) is 3. The van der Waals surface area contributed by atoms with Crippen LogP contribution >= 0.6 is 0 Å². The highest BCUT2D eigenvalue weighted by atomic mass is 16.2. The van der Waals surface area contributed by atoms with Gasteiger partial charge in [0.15, 0.2) is 5.82 Å². The van der Waals surface area contributed by atoms with Gasteiger partial charge in [0.05, 0.1) is 12.9 Å². The first-order valence-corrected chi connectivity index (χ1v) is 9.04. The maximum absolute atomic E-state index is 12.6. The summed E-state index contributed by atoms with van der Waals surface area (Å²) in [5.41, 5.74) is 0.782. The van der Waals surface area contributed by atoms with E-state index in [1.807, 2.05) is 0 Å². The van der Waals surface area contributed by atoms with Gasteiger partial charge in [-0.2, -0.15) is 0 Å². The van der Waals surface area contributed by atoms with Crippen LogP contribution in [0.4, 0.5) is 0 Å². The molecular weight excluding hydrogens is 334 g/mol. The van der Waals surface area contributed by atoms with Crippen LogP contribution in [0.3, 0.4) is 0 Å². The van der Waals surface area contributed by atoms with Crippen molar-refractivity contribution in [3.63, 3.8) is 0 Å². The van der Waals surface area contributed by atoms with E-state index in [-0.39, 0.29) is 18.4 Å². The second-order valence-corrected chi connectivity index (χ2v) is 6.70. The summed E-state index contributed by atoms with van der Waals surface area (Å²) < 4.78 is 2.07. The molecule has 0 aliphatic heterocycles. The van der Waals surface area contributed by atoms with Crippen molar-refractivity contribution in [3.05, 3.63) is 30.4 Å². The Bertz CT molecular complexity index is 719. The van der Waals surface area contributed by atoms with Gasteiger partial charge in [-0.05, 0) is 12.8 Å². The Balaban J connectivity index is 1.61. The predicted octanol–water partition coefficient (Wildman–Crippen LogP) is 0.870. The zero-order chi connectivity index (χ0) is 18.4. The van der Waals surface area contributed by atoms with E-state index < -0.39 is 6.04 Å². The Hall–Kier alpha value is -2.71. The molecule has 2 amide bonds. The second kappa shape index (κ2) is 8.59. The Morgan fingerprint density at radius 3 is 2.85 bits per heavy atom. The van der Waals surface area contributed by atoms with Gasteiger partial charge in [-0.3, -0.25) is 9.59 Å². The van der Waals surface area contributed by atoms with Crippen LogP contribution in [0.5, 0.6) is 0 Å². The smallest absolute Gasteiger partial charge is 0.243 e. The minimum Gasteiger partial charge on any atom is -0.348 e. The molecule has 1 aliphatic rings. The molecule has 9 nitrogen and oxygen atoms in total. The van der Waals surface area contributed by atoms with E-state index in [2.05, 4.69) is 35.4 Å². The molecular formula is C17H25N7O2. The summed E-state index contributed by atoms with van der Waals surface area (Å²) in [7, 11) is 0. The quantitative estimate of drug-likeness (QED) is 0.678. The number of imidazole rings is 1. The van der Waals surface area contributed by atoms with Crippen LogP contribution in [-0.2, 0) is 22.6 Å². The van der Waals surface area contributed by atoms with Crippen molar-refractivity contribution in [2.75, 3.05) is 0 Å². The fourth-order valence-corrected chi connectivity index (χ4v) is 3.42. The summed E-state index contributed by atoms with van der Waals surface area (Å²) in [5.74, 6) is 0.233. The molecule has 1 atom stereocenters. The zero-order valence-electron chi connectivity index (χ0n) is 14.9. The summed E-state index contributed by atoms with van der Waals surface area (Å²) in [6.45, 7) is 1.68. The predicted molar refractivity (Wildman–Crippen MR) is 93.9 cm³/mol. The van der Waals surface area contributed by atoms with Gasteiger partial charge in [-0.1, -0.05) is 19.3 Å². The molecule has 0 saturated heterocycles. The van der Waals surface area contributed by atoms with Crippen LogP contribution in [0, 0.1) is 0 Å². The minimum atomic E-state index is -0.668. The second-order valence-electron chi connectivity index (χ2n) is 6.70. The Kier molecular flexibility index (Phi) is 5.98. The van der Waals surface area contributed by atoms with E-state index in [4.69, 9.17) is 0 Å². The van der Waals surface area contributed by atoms with Gasteiger partial charge >= 0.3 is 0 Å². The number of aromatic nitrogens is 5. The highest BCUT2D eigenvalue weighted by molar-refractivity contribution is 5.86. The van der Waals surface area contributed by atoms with E-state index in [1.54, 1.807) is 18.9 Å². The van der Waals surface area contributed by atoms with Crippen molar-refractivity contribution in [2.45, 2.75) is 64.1 Å². The first kappa shape index (κ1) is 18.1. The third kappa shape index (κ3) is 4.68. The van der Waals surface area contributed by atoms with Crippen LogP contribution < -0.4 is 10.6 Å². The number of aromatic amines is 1. The highest BCUT2D eigenvalue weighted by Crippen LogP contribution is 2.28. The lowest BCUT2D eigenvalue weighted by Gasteiger charge is -2.24. The summed E-state index contributed by atoms with van der Waals surface area (Å²) >= 11 is 0. The summed E-state index contributed by atoms with van der Waals surface area (Å²) in [6, 6.07) is -0.263. The van der Waals surface area contributed by atoms with Gasteiger partial charge in [-0.15, -0.1) is 10.2 Å². The molecule has 9 heteroatoms. The first-order valence-electron chi connectivity index (χ1n) is 9.04. The molecule has 3 N–H and O–H groups in total. The fourth-order valence-electron chi connectivity index (χ4n) is 3.42. The average molecular weight is 359 g/mol. The highest BCUT2D eigenvalue weighted by Gasteiger charge is 2.22. The number of carbonyl (C=O) groups is 2. The molecule has 140 valence electrons. The van der Waals surface area contributed by atoms with E-state index in [0.717, 1.165) is 24.4 Å². The molecule has 1 fully saturated rings. The molecule has 0 radical (unpaired) electrons. The lowest BCUT2D eigenvalue weighted by Crippen LogP contribution is -2.47. The molecule has 0 aromatic carbocycles. The van der Waals surface area contributed by atoms with E-state index >= 15 is 0 Å². The van der Waals surface area contributed by atoms with Crippen molar-refractivity contribution in [1.29, 1.82) is 0 Å². The average Bonchev–Trinajstić information content (AvgIpc) is 3.31. The third-order valence-electron chi connectivity index (χ3n) is 4.71. The molecule has 1 aliphatic carbocycles. The molecule has 0 spiro atoms. The number of carbonyl (C=O) groups excluding carboxylic acids is 2. The van der Waals surface area contributed by atoms with Crippen LogP contribution in [-0.4, -0.2) is 42.6 Å². The van der Waals surface area contributed by atoms with Crippen LogP contribution in [0.1, 0.15) is 56.6 Å². The number of rotatable bonds is 7. The van der Waals surface area contributed by atoms with Crippen LogP contribution in [0.2, 0.25) is 0 Å². The molecule has 0 bridgehead atoms. The maximum Gasteiger partial charge on any atom is 0.243 e. The largest absolute Gasteiger partial charge is 0.348 e. The Morgan fingerprint density at radius 2 is 2.15 bits per heavy atom. The number of amides is 2.